The van der Waals surface area contributed by atoms with E-state index < -0.39 is 6.61 Å². The molecule has 1 aromatic carbocycles. The van der Waals surface area contributed by atoms with Crippen molar-refractivity contribution in [2.45, 2.75) is 39.8 Å². The molecule has 6 nitrogen and oxygen atoms in total. The number of alkyl halides is 2. The minimum Gasteiger partial charge on any atom is -0.490 e. The summed E-state index contributed by atoms with van der Waals surface area (Å²) in [5.74, 6) is 1.60. The zero-order chi connectivity index (χ0) is 20.4. The van der Waals surface area contributed by atoms with E-state index in [2.05, 4.69) is 27.4 Å². The number of hydrogen-bond acceptors (Lipinski definition) is 4. The number of likely N-dealkylation sites (tertiary alicyclic amines) is 1. The SMILES string of the molecule is CCCN1CCC(CNC(=NC)NCc2cccc(OCC)c2OC(F)F)C1.I. The van der Waals surface area contributed by atoms with Crippen molar-refractivity contribution in [3.63, 3.8) is 0 Å². The lowest BCUT2D eigenvalue weighted by Gasteiger charge is -2.18. The first-order valence-electron chi connectivity index (χ1n) is 9.93. The lowest BCUT2D eigenvalue weighted by molar-refractivity contribution is -0.0520. The summed E-state index contributed by atoms with van der Waals surface area (Å²) in [6.07, 6.45) is 2.35. The molecule has 29 heavy (non-hydrogen) atoms. The molecule has 9 heteroatoms. The van der Waals surface area contributed by atoms with Crippen LogP contribution in [0.15, 0.2) is 23.2 Å². The smallest absolute Gasteiger partial charge is 0.387 e. The molecule has 0 aliphatic carbocycles. The maximum Gasteiger partial charge on any atom is 0.387 e. The molecule has 1 saturated heterocycles. The van der Waals surface area contributed by atoms with Crippen LogP contribution >= 0.6 is 24.0 Å². The molecule has 1 unspecified atom stereocenters. The number of ether oxygens (including phenoxy) is 2. The van der Waals surface area contributed by atoms with E-state index >= 15 is 0 Å². The zero-order valence-corrected chi connectivity index (χ0v) is 19.7. The average molecular weight is 526 g/mol. The van der Waals surface area contributed by atoms with Gasteiger partial charge in [-0.05, 0) is 44.8 Å². The molecule has 0 spiro atoms. The summed E-state index contributed by atoms with van der Waals surface area (Å²) < 4.78 is 35.8. The normalized spacial score (nSPS) is 17.2. The molecular formula is C20H33F2IN4O2. The van der Waals surface area contributed by atoms with Crippen LogP contribution in [0.5, 0.6) is 11.5 Å². The Balaban J connectivity index is 0.00000420. The van der Waals surface area contributed by atoms with Crippen LogP contribution in [0.3, 0.4) is 0 Å². The summed E-state index contributed by atoms with van der Waals surface area (Å²) in [7, 11) is 1.69. The third-order valence-electron chi connectivity index (χ3n) is 4.71. The van der Waals surface area contributed by atoms with Gasteiger partial charge in [0, 0.05) is 32.2 Å². The second-order valence-electron chi connectivity index (χ2n) is 6.82. The van der Waals surface area contributed by atoms with Gasteiger partial charge < -0.3 is 25.0 Å². The third-order valence-corrected chi connectivity index (χ3v) is 4.71. The number of benzene rings is 1. The Hall–Kier alpha value is -1.36. The quantitative estimate of drug-likeness (QED) is 0.277. The summed E-state index contributed by atoms with van der Waals surface area (Å²) in [6, 6.07) is 5.12. The Labute approximate surface area is 189 Å². The van der Waals surface area contributed by atoms with Crippen molar-refractivity contribution in [1.29, 1.82) is 0 Å². The molecule has 0 radical (unpaired) electrons. The van der Waals surface area contributed by atoms with E-state index in [0.717, 1.165) is 26.2 Å². The number of guanidine groups is 1. The highest BCUT2D eigenvalue weighted by molar-refractivity contribution is 14.0. The van der Waals surface area contributed by atoms with Gasteiger partial charge in [-0.2, -0.15) is 8.78 Å². The summed E-state index contributed by atoms with van der Waals surface area (Å²) in [6.45, 7) is 5.98. The van der Waals surface area contributed by atoms with E-state index in [-0.39, 0.29) is 29.7 Å². The van der Waals surface area contributed by atoms with Gasteiger partial charge in [-0.3, -0.25) is 4.99 Å². The van der Waals surface area contributed by atoms with Crippen molar-refractivity contribution in [2.75, 3.05) is 39.8 Å². The molecule has 1 heterocycles. The molecule has 2 N–H and O–H groups in total. The number of halogens is 3. The van der Waals surface area contributed by atoms with Gasteiger partial charge in [0.05, 0.1) is 6.61 Å². The first-order chi connectivity index (χ1) is 13.6. The van der Waals surface area contributed by atoms with E-state index in [1.165, 1.54) is 12.8 Å². The van der Waals surface area contributed by atoms with Gasteiger partial charge in [-0.15, -0.1) is 24.0 Å². The summed E-state index contributed by atoms with van der Waals surface area (Å²) in [5.41, 5.74) is 0.587. The summed E-state index contributed by atoms with van der Waals surface area (Å²) >= 11 is 0. The molecule has 0 amide bonds. The summed E-state index contributed by atoms with van der Waals surface area (Å²) in [5, 5.41) is 6.51. The highest BCUT2D eigenvalue weighted by Crippen LogP contribution is 2.32. The molecule has 0 saturated carbocycles. The maximum absolute atomic E-state index is 12.8. The number of hydrogen-bond donors (Lipinski definition) is 2. The van der Waals surface area contributed by atoms with Gasteiger partial charge >= 0.3 is 6.61 Å². The first-order valence-corrected chi connectivity index (χ1v) is 9.93. The van der Waals surface area contributed by atoms with E-state index in [9.17, 15) is 8.78 Å². The highest BCUT2D eigenvalue weighted by Gasteiger charge is 2.22. The predicted octanol–water partition coefficient (Wildman–Crippen LogP) is 3.70. The van der Waals surface area contributed by atoms with Gasteiger partial charge in [-0.1, -0.05) is 19.1 Å². The second kappa shape index (κ2) is 13.8. The first kappa shape index (κ1) is 25.7. The molecule has 1 fully saturated rings. The van der Waals surface area contributed by atoms with Crippen molar-refractivity contribution in [3.8, 4) is 11.5 Å². The predicted molar refractivity (Wildman–Crippen MR) is 123 cm³/mol. The van der Waals surface area contributed by atoms with E-state index in [1.807, 2.05) is 0 Å². The van der Waals surface area contributed by atoms with E-state index in [0.29, 0.717) is 36.3 Å². The van der Waals surface area contributed by atoms with E-state index in [1.54, 1.807) is 32.2 Å². The Bertz CT molecular complexity index is 634. The van der Waals surface area contributed by atoms with Crippen molar-refractivity contribution in [3.05, 3.63) is 23.8 Å². The van der Waals surface area contributed by atoms with Crippen LogP contribution in [0.2, 0.25) is 0 Å². The van der Waals surface area contributed by atoms with Gasteiger partial charge in [0.2, 0.25) is 0 Å². The van der Waals surface area contributed by atoms with Crippen LogP contribution in [-0.2, 0) is 6.54 Å². The van der Waals surface area contributed by atoms with E-state index in [4.69, 9.17) is 9.47 Å². The monoisotopic (exact) mass is 526 g/mol. The molecule has 2 rings (SSSR count). The van der Waals surface area contributed by atoms with Crippen LogP contribution < -0.4 is 20.1 Å². The molecule has 1 aliphatic rings. The second-order valence-corrected chi connectivity index (χ2v) is 6.82. The van der Waals surface area contributed by atoms with Gasteiger partial charge in [0.25, 0.3) is 0 Å². The van der Waals surface area contributed by atoms with Crippen molar-refractivity contribution >= 4 is 29.9 Å². The largest absolute Gasteiger partial charge is 0.490 e. The topological polar surface area (TPSA) is 58.1 Å². The summed E-state index contributed by atoms with van der Waals surface area (Å²) in [4.78, 5) is 6.71. The number of rotatable bonds is 10. The minimum atomic E-state index is -2.91. The highest BCUT2D eigenvalue weighted by atomic mass is 127. The standard InChI is InChI=1S/C20H32F2N4O2.HI/c1-4-10-26-11-9-15(14-26)12-24-20(23-3)25-13-16-7-6-8-17(27-5-2)18(16)28-19(21)22;/h6-8,15,19H,4-5,9-14H2,1-3H3,(H2,23,24,25);1H. The van der Waals surface area contributed by atoms with Crippen LogP contribution in [0, 0.1) is 5.92 Å². The molecule has 1 atom stereocenters. The molecule has 1 aromatic rings. The van der Waals surface area contributed by atoms with Gasteiger partial charge in [0.15, 0.2) is 17.5 Å². The number of nitrogens with zero attached hydrogens (tertiary/aromatic N) is 2. The molecule has 166 valence electrons. The van der Waals surface area contributed by atoms with Crippen molar-refractivity contribution < 1.29 is 18.3 Å². The maximum atomic E-state index is 12.8. The van der Waals surface area contributed by atoms with Crippen LogP contribution in [0.25, 0.3) is 0 Å². The van der Waals surface area contributed by atoms with Crippen LogP contribution in [0.4, 0.5) is 8.78 Å². The Morgan fingerprint density at radius 3 is 2.76 bits per heavy atom. The van der Waals surface area contributed by atoms with Gasteiger partial charge in [-0.25, -0.2) is 0 Å². The van der Waals surface area contributed by atoms with Crippen LogP contribution in [-0.4, -0.2) is 57.3 Å². The Morgan fingerprint density at radius 1 is 1.31 bits per heavy atom. The fourth-order valence-electron chi connectivity index (χ4n) is 3.43. The third kappa shape index (κ3) is 8.49. The number of aliphatic imine (C=N–C) groups is 1. The van der Waals surface area contributed by atoms with Crippen molar-refractivity contribution in [1.82, 2.24) is 15.5 Å². The lowest BCUT2D eigenvalue weighted by Crippen LogP contribution is -2.40. The average Bonchev–Trinajstić information content (AvgIpc) is 3.11. The minimum absolute atomic E-state index is 0. The molecular weight excluding hydrogens is 493 g/mol. The molecule has 0 aromatic heterocycles. The molecule has 1 aliphatic heterocycles. The van der Waals surface area contributed by atoms with Crippen LogP contribution in [0.1, 0.15) is 32.3 Å². The fraction of sp³-hybridized carbons (Fsp3) is 0.650. The number of nitrogens with one attached hydrogen (secondary N) is 2. The zero-order valence-electron chi connectivity index (χ0n) is 17.4. The Morgan fingerprint density at radius 2 is 2.10 bits per heavy atom. The lowest BCUT2D eigenvalue weighted by atomic mass is 10.1. The fourth-order valence-corrected chi connectivity index (χ4v) is 3.43. The van der Waals surface area contributed by atoms with Crippen molar-refractivity contribution in [2.24, 2.45) is 10.9 Å². The molecule has 0 bridgehead atoms. The Kier molecular flexibility index (Phi) is 12.2. The number of para-hydroxylation sites is 1. The van der Waals surface area contributed by atoms with Gasteiger partial charge in [0.1, 0.15) is 0 Å².